The lowest BCUT2D eigenvalue weighted by atomic mass is 10.0. The van der Waals surface area contributed by atoms with Crippen LogP contribution in [-0.2, 0) is 20.7 Å². The number of aliphatic carboxylic acids is 1. The number of hydrogen-bond donors (Lipinski definition) is 3. The van der Waals surface area contributed by atoms with Gasteiger partial charge in [-0.15, -0.1) is 0 Å². The van der Waals surface area contributed by atoms with Crippen molar-refractivity contribution in [2.45, 2.75) is 38.8 Å². The molecule has 0 saturated carbocycles. The van der Waals surface area contributed by atoms with Gasteiger partial charge in [0.15, 0.2) is 0 Å². The average Bonchev–Trinajstić information content (AvgIpc) is 3.14. The molecular formula is C29H28N2O6. The number of carbonyl (C=O) groups is 3. The molecule has 0 radical (unpaired) electrons. The number of fused-ring (bicyclic) bond motifs is 1. The molecule has 0 fully saturated rings. The topological polar surface area (TPSA) is 114 Å². The molecule has 0 aromatic heterocycles. The number of amides is 2. The summed E-state index contributed by atoms with van der Waals surface area (Å²) in [6.45, 7) is 5.12. The number of benzene rings is 3. The molecular weight excluding hydrogens is 472 g/mol. The Hall–Kier alpha value is -4.59. The van der Waals surface area contributed by atoms with Gasteiger partial charge in [-0.05, 0) is 68.3 Å². The second-order valence-corrected chi connectivity index (χ2v) is 9.61. The number of anilines is 1. The second-order valence-electron chi connectivity index (χ2n) is 9.61. The lowest BCUT2D eigenvalue weighted by molar-refractivity contribution is -0.139. The van der Waals surface area contributed by atoms with E-state index in [2.05, 4.69) is 10.6 Å². The smallest absolute Gasteiger partial charge is 0.408 e. The zero-order valence-corrected chi connectivity index (χ0v) is 20.8. The van der Waals surface area contributed by atoms with Crippen molar-refractivity contribution < 1.29 is 29.0 Å². The van der Waals surface area contributed by atoms with E-state index in [-0.39, 0.29) is 12.3 Å². The van der Waals surface area contributed by atoms with Crippen LogP contribution in [0.25, 0.3) is 11.6 Å². The van der Waals surface area contributed by atoms with Crippen molar-refractivity contribution in [1.82, 2.24) is 5.32 Å². The number of hydrogen-bond acceptors (Lipinski definition) is 5. The molecule has 0 spiro atoms. The lowest BCUT2D eigenvalue weighted by Crippen LogP contribution is -2.44. The van der Waals surface area contributed by atoms with Gasteiger partial charge in [0.25, 0.3) is 5.91 Å². The Labute approximate surface area is 214 Å². The van der Waals surface area contributed by atoms with Gasteiger partial charge in [-0.25, -0.2) is 9.59 Å². The summed E-state index contributed by atoms with van der Waals surface area (Å²) < 4.78 is 11.1. The van der Waals surface area contributed by atoms with Gasteiger partial charge in [-0.1, -0.05) is 42.5 Å². The van der Waals surface area contributed by atoms with E-state index in [4.69, 9.17) is 9.47 Å². The molecule has 0 aliphatic carbocycles. The predicted octanol–water partition coefficient (Wildman–Crippen LogP) is 5.49. The molecule has 4 rings (SSSR count). The molecule has 0 unspecified atom stereocenters. The summed E-state index contributed by atoms with van der Waals surface area (Å²) in [5.41, 5.74) is 3.14. The first kappa shape index (κ1) is 25.5. The minimum atomic E-state index is -1.15. The monoisotopic (exact) mass is 500 g/mol. The molecule has 37 heavy (non-hydrogen) atoms. The quantitative estimate of drug-likeness (QED) is 0.370. The molecule has 0 saturated heterocycles. The SMILES string of the molecule is CC(C)(C)OC(=O)N[C@@H](Cc1ccc(Oc2ccc(/C=C3/C(=O)Nc4ccccc43)cc2)cc1)C(=O)O. The highest BCUT2D eigenvalue weighted by molar-refractivity contribution is 6.34. The van der Waals surface area contributed by atoms with E-state index in [9.17, 15) is 19.5 Å². The van der Waals surface area contributed by atoms with Crippen LogP contribution in [-0.4, -0.2) is 34.7 Å². The van der Waals surface area contributed by atoms with Gasteiger partial charge in [-0.3, -0.25) is 4.79 Å². The highest BCUT2D eigenvalue weighted by atomic mass is 16.6. The summed E-state index contributed by atoms with van der Waals surface area (Å²) in [7, 11) is 0. The van der Waals surface area contributed by atoms with Gasteiger partial charge in [0.05, 0.1) is 0 Å². The summed E-state index contributed by atoms with van der Waals surface area (Å²) in [6.07, 6.45) is 1.15. The predicted molar refractivity (Wildman–Crippen MR) is 140 cm³/mol. The van der Waals surface area contributed by atoms with Crippen LogP contribution in [0.1, 0.15) is 37.5 Å². The fourth-order valence-electron chi connectivity index (χ4n) is 3.80. The van der Waals surface area contributed by atoms with Crippen molar-refractivity contribution in [3.05, 3.63) is 89.5 Å². The minimum absolute atomic E-state index is 0.0922. The van der Waals surface area contributed by atoms with Gasteiger partial charge >= 0.3 is 12.1 Å². The van der Waals surface area contributed by atoms with E-state index < -0.39 is 23.7 Å². The molecule has 190 valence electrons. The van der Waals surface area contributed by atoms with Crippen molar-refractivity contribution in [1.29, 1.82) is 0 Å². The molecule has 0 bridgehead atoms. The normalized spacial score (nSPS) is 14.5. The number of para-hydroxylation sites is 1. The van der Waals surface area contributed by atoms with E-state index in [1.165, 1.54) is 0 Å². The van der Waals surface area contributed by atoms with Crippen LogP contribution in [0.4, 0.5) is 10.5 Å². The Morgan fingerprint density at radius 1 is 0.973 bits per heavy atom. The van der Waals surface area contributed by atoms with Gasteiger partial charge in [0.2, 0.25) is 0 Å². The Morgan fingerprint density at radius 2 is 1.59 bits per heavy atom. The summed E-state index contributed by atoms with van der Waals surface area (Å²) in [5.74, 6) is -0.0972. The maximum atomic E-state index is 12.3. The zero-order chi connectivity index (χ0) is 26.6. The summed E-state index contributed by atoms with van der Waals surface area (Å²) in [6, 6.07) is 20.7. The Bertz CT molecular complexity index is 1340. The molecule has 2 amide bonds. The third-order valence-corrected chi connectivity index (χ3v) is 5.49. The van der Waals surface area contributed by atoms with Crippen LogP contribution in [0.2, 0.25) is 0 Å². The third kappa shape index (κ3) is 6.76. The van der Waals surface area contributed by atoms with Crippen molar-refractivity contribution in [3.8, 4) is 11.5 Å². The van der Waals surface area contributed by atoms with E-state index in [0.717, 1.165) is 16.8 Å². The van der Waals surface area contributed by atoms with Crippen molar-refractivity contribution >= 4 is 35.3 Å². The molecule has 3 aromatic carbocycles. The van der Waals surface area contributed by atoms with E-state index in [1.807, 2.05) is 54.6 Å². The number of ether oxygens (including phenoxy) is 2. The fourth-order valence-corrected chi connectivity index (χ4v) is 3.80. The summed E-state index contributed by atoms with van der Waals surface area (Å²) in [4.78, 5) is 35.9. The summed E-state index contributed by atoms with van der Waals surface area (Å²) >= 11 is 0. The maximum absolute atomic E-state index is 12.3. The van der Waals surface area contributed by atoms with Crippen molar-refractivity contribution in [2.24, 2.45) is 0 Å². The van der Waals surface area contributed by atoms with Crippen LogP contribution in [0.15, 0.2) is 72.8 Å². The van der Waals surface area contributed by atoms with Crippen molar-refractivity contribution in [3.63, 3.8) is 0 Å². The molecule has 1 aliphatic rings. The molecule has 1 aliphatic heterocycles. The first-order valence-electron chi connectivity index (χ1n) is 11.8. The van der Waals surface area contributed by atoms with Crippen LogP contribution in [0.3, 0.4) is 0 Å². The Morgan fingerprint density at radius 3 is 2.22 bits per heavy atom. The first-order chi connectivity index (χ1) is 17.6. The molecule has 1 atom stereocenters. The van der Waals surface area contributed by atoms with Gasteiger partial charge in [-0.2, -0.15) is 0 Å². The number of alkyl carbamates (subject to hydrolysis) is 1. The molecule has 3 N–H and O–H groups in total. The highest BCUT2D eigenvalue weighted by Crippen LogP contribution is 2.33. The Kier molecular flexibility index (Phi) is 7.29. The number of carbonyl (C=O) groups excluding carboxylic acids is 2. The first-order valence-corrected chi connectivity index (χ1v) is 11.8. The number of carboxylic acid groups (broad SMARTS) is 1. The molecule has 8 heteroatoms. The van der Waals surface area contributed by atoms with Gasteiger partial charge < -0.3 is 25.2 Å². The molecule has 8 nitrogen and oxygen atoms in total. The van der Waals surface area contributed by atoms with Crippen LogP contribution >= 0.6 is 0 Å². The third-order valence-electron chi connectivity index (χ3n) is 5.49. The number of carboxylic acids is 1. The van der Waals surface area contributed by atoms with E-state index in [1.54, 1.807) is 45.0 Å². The molecule has 3 aromatic rings. The maximum Gasteiger partial charge on any atom is 0.408 e. The lowest BCUT2D eigenvalue weighted by Gasteiger charge is -2.22. The van der Waals surface area contributed by atoms with E-state index in [0.29, 0.717) is 22.6 Å². The number of nitrogens with one attached hydrogen (secondary N) is 2. The van der Waals surface area contributed by atoms with Gasteiger partial charge in [0.1, 0.15) is 23.1 Å². The van der Waals surface area contributed by atoms with Gasteiger partial charge in [0, 0.05) is 23.2 Å². The largest absolute Gasteiger partial charge is 0.480 e. The Balaban J connectivity index is 1.38. The molecule has 1 heterocycles. The van der Waals surface area contributed by atoms with Crippen LogP contribution in [0, 0.1) is 0 Å². The summed E-state index contributed by atoms with van der Waals surface area (Å²) in [5, 5.41) is 14.7. The number of rotatable bonds is 7. The highest BCUT2D eigenvalue weighted by Gasteiger charge is 2.25. The van der Waals surface area contributed by atoms with E-state index >= 15 is 0 Å². The second kappa shape index (κ2) is 10.6. The average molecular weight is 501 g/mol. The van der Waals surface area contributed by atoms with Crippen molar-refractivity contribution in [2.75, 3.05) is 5.32 Å². The van der Waals surface area contributed by atoms with Crippen LogP contribution < -0.4 is 15.4 Å². The fraction of sp³-hybridized carbons (Fsp3) is 0.207. The zero-order valence-electron chi connectivity index (χ0n) is 20.8. The van der Waals surface area contributed by atoms with Crippen LogP contribution in [0.5, 0.6) is 11.5 Å². The standard InChI is InChI=1S/C29H28N2O6/c1-29(2,3)37-28(35)31-25(27(33)34)17-19-10-14-21(15-11-19)36-20-12-8-18(9-13-20)16-23-22-6-4-5-7-24(22)30-26(23)32/h4-16,25H,17H2,1-3H3,(H,30,32)(H,31,35)(H,33,34)/b23-16+/t25-/m0/s1. The minimum Gasteiger partial charge on any atom is -0.480 e.